The summed E-state index contributed by atoms with van der Waals surface area (Å²) in [6.45, 7) is 5.25. The van der Waals surface area contributed by atoms with Gasteiger partial charge >= 0.3 is 0 Å². The van der Waals surface area contributed by atoms with Crippen molar-refractivity contribution in [3.8, 4) is 0 Å². The highest BCUT2D eigenvalue weighted by Crippen LogP contribution is 2.15. The van der Waals surface area contributed by atoms with E-state index in [4.69, 9.17) is 21.1 Å². The molecule has 0 radical (unpaired) electrons. The van der Waals surface area contributed by atoms with Crippen LogP contribution in [0.1, 0.15) is 12.5 Å². The van der Waals surface area contributed by atoms with Gasteiger partial charge in [-0.05, 0) is 18.6 Å². The topological polar surface area (TPSA) is 50.7 Å². The van der Waals surface area contributed by atoms with E-state index < -0.39 is 6.10 Å². The molecule has 0 fully saturated rings. The maximum absolute atomic E-state index is 9.69. The van der Waals surface area contributed by atoms with Crippen LogP contribution in [0.3, 0.4) is 0 Å². The fourth-order valence-corrected chi connectivity index (χ4v) is 1.73. The fourth-order valence-electron chi connectivity index (χ4n) is 1.54. The zero-order valence-electron chi connectivity index (χ0n) is 11.3. The summed E-state index contributed by atoms with van der Waals surface area (Å²) in [6.07, 6.45) is -0.524. The second kappa shape index (κ2) is 10.2. The summed E-state index contributed by atoms with van der Waals surface area (Å²) in [5.41, 5.74) is 0.931. The van der Waals surface area contributed by atoms with E-state index in [1.54, 1.807) is 0 Å². The van der Waals surface area contributed by atoms with Gasteiger partial charge in [0.25, 0.3) is 0 Å². The molecule has 1 rings (SSSR count). The van der Waals surface area contributed by atoms with Gasteiger partial charge in [-0.15, -0.1) is 0 Å². The predicted molar refractivity (Wildman–Crippen MR) is 76.5 cm³/mol. The van der Waals surface area contributed by atoms with Crippen molar-refractivity contribution in [2.75, 3.05) is 32.9 Å². The first-order chi connectivity index (χ1) is 9.24. The van der Waals surface area contributed by atoms with Crippen molar-refractivity contribution >= 4 is 11.6 Å². The van der Waals surface area contributed by atoms with Crippen LogP contribution in [0.2, 0.25) is 5.02 Å². The lowest BCUT2D eigenvalue weighted by atomic mass is 10.2. The molecule has 0 aromatic heterocycles. The van der Waals surface area contributed by atoms with Crippen molar-refractivity contribution < 1.29 is 14.6 Å². The van der Waals surface area contributed by atoms with Crippen molar-refractivity contribution in [1.29, 1.82) is 0 Å². The van der Waals surface area contributed by atoms with E-state index in [-0.39, 0.29) is 6.61 Å². The molecule has 1 aromatic rings. The molecule has 4 nitrogen and oxygen atoms in total. The lowest BCUT2D eigenvalue weighted by Gasteiger charge is -2.12. The van der Waals surface area contributed by atoms with Gasteiger partial charge in [0.2, 0.25) is 0 Å². The lowest BCUT2D eigenvalue weighted by Crippen LogP contribution is -2.32. The van der Waals surface area contributed by atoms with Crippen LogP contribution >= 0.6 is 11.6 Å². The Kier molecular flexibility index (Phi) is 8.79. The van der Waals surface area contributed by atoms with Crippen molar-refractivity contribution in [2.24, 2.45) is 0 Å². The molecule has 108 valence electrons. The van der Waals surface area contributed by atoms with Crippen molar-refractivity contribution in [3.63, 3.8) is 0 Å². The Hall–Kier alpha value is -0.650. The summed E-state index contributed by atoms with van der Waals surface area (Å²) >= 11 is 6.00. The smallest absolute Gasteiger partial charge is 0.0897 e. The van der Waals surface area contributed by atoms with Crippen LogP contribution in [0.15, 0.2) is 24.3 Å². The molecule has 0 spiro atoms. The summed E-state index contributed by atoms with van der Waals surface area (Å²) in [7, 11) is 0. The van der Waals surface area contributed by atoms with Crippen LogP contribution in [0.25, 0.3) is 0 Å². The second-order valence-electron chi connectivity index (χ2n) is 4.16. The molecule has 19 heavy (non-hydrogen) atoms. The average molecular weight is 288 g/mol. The monoisotopic (exact) mass is 287 g/mol. The third-order valence-corrected chi connectivity index (χ3v) is 2.90. The quantitative estimate of drug-likeness (QED) is 0.645. The van der Waals surface area contributed by atoms with Crippen LogP contribution < -0.4 is 5.32 Å². The highest BCUT2D eigenvalue weighted by Gasteiger charge is 2.05. The number of hydrogen-bond acceptors (Lipinski definition) is 4. The van der Waals surface area contributed by atoms with E-state index in [1.165, 1.54) is 0 Å². The van der Waals surface area contributed by atoms with Gasteiger partial charge in [0.1, 0.15) is 0 Å². The molecule has 1 aromatic carbocycles. The van der Waals surface area contributed by atoms with Gasteiger partial charge in [-0.1, -0.05) is 29.8 Å². The highest BCUT2D eigenvalue weighted by atomic mass is 35.5. The standard InChI is InChI=1S/C14H22ClNO3/c1-2-18-8-7-16-9-13(17)11-19-10-12-5-3-4-6-14(12)15/h3-6,13,16-17H,2,7-11H2,1H3. The van der Waals surface area contributed by atoms with Crippen LogP contribution in [-0.4, -0.2) is 44.1 Å². The zero-order valence-corrected chi connectivity index (χ0v) is 12.0. The summed E-state index contributed by atoms with van der Waals surface area (Å²) in [5, 5.41) is 13.5. The Balaban J connectivity index is 2.07. The molecule has 0 aliphatic heterocycles. The minimum absolute atomic E-state index is 0.285. The molecule has 0 heterocycles. The number of nitrogens with one attached hydrogen (secondary N) is 1. The molecule has 0 saturated heterocycles. The van der Waals surface area contributed by atoms with Gasteiger partial charge in [0.15, 0.2) is 0 Å². The Bertz CT molecular complexity index is 349. The van der Waals surface area contributed by atoms with E-state index in [1.807, 2.05) is 31.2 Å². The molecule has 0 aliphatic carbocycles. The number of rotatable bonds is 10. The molecule has 1 atom stereocenters. The first-order valence-corrected chi connectivity index (χ1v) is 6.89. The molecule has 1 unspecified atom stereocenters. The fraction of sp³-hybridized carbons (Fsp3) is 0.571. The SMILES string of the molecule is CCOCCNCC(O)COCc1ccccc1Cl. The largest absolute Gasteiger partial charge is 0.389 e. The Morgan fingerprint density at radius 3 is 2.84 bits per heavy atom. The third kappa shape index (κ3) is 7.50. The van der Waals surface area contributed by atoms with E-state index in [0.29, 0.717) is 31.4 Å². The molecule has 0 aliphatic rings. The van der Waals surface area contributed by atoms with Crippen LogP contribution in [0, 0.1) is 0 Å². The molecule has 5 heteroatoms. The van der Waals surface area contributed by atoms with E-state index in [9.17, 15) is 5.11 Å². The average Bonchev–Trinajstić information content (AvgIpc) is 2.41. The molecular formula is C14H22ClNO3. The summed E-state index contributed by atoms with van der Waals surface area (Å²) in [5.74, 6) is 0. The Morgan fingerprint density at radius 2 is 2.11 bits per heavy atom. The first kappa shape index (κ1) is 16.4. The predicted octanol–water partition coefficient (Wildman–Crippen LogP) is 1.84. The van der Waals surface area contributed by atoms with Gasteiger partial charge in [-0.2, -0.15) is 0 Å². The molecule has 0 saturated carbocycles. The van der Waals surface area contributed by atoms with Gasteiger partial charge in [0.05, 0.1) is 25.9 Å². The maximum atomic E-state index is 9.69. The maximum Gasteiger partial charge on any atom is 0.0897 e. The number of benzene rings is 1. The molecule has 0 bridgehead atoms. The van der Waals surface area contributed by atoms with E-state index in [0.717, 1.165) is 12.1 Å². The van der Waals surface area contributed by atoms with Crippen molar-refractivity contribution in [3.05, 3.63) is 34.9 Å². The van der Waals surface area contributed by atoms with Gasteiger partial charge in [-0.25, -0.2) is 0 Å². The Labute approximate surface area is 119 Å². The first-order valence-electron chi connectivity index (χ1n) is 6.51. The van der Waals surface area contributed by atoms with Crippen LogP contribution in [0.5, 0.6) is 0 Å². The minimum Gasteiger partial charge on any atom is -0.389 e. The van der Waals surface area contributed by atoms with E-state index in [2.05, 4.69) is 5.32 Å². The van der Waals surface area contributed by atoms with Gasteiger partial charge in [-0.3, -0.25) is 0 Å². The summed E-state index contributed by atoms with van der Waals surface area (Å²) < 4.78 is 10.6. The summed E-state index contributed by atoms with van der Waals surface area (Å²) in [4.78, 5) is 0. The molecular weight excluding hydrogens is 266 g/mol. The highest BCUT2D eigenvalue weighted by molar-refractivity contribution is 6.31. The normalized spacial score (nSPS) is 12.6. The number of halogens is 1. The summed E-state index contributed by atoms with van der Waals surface area (Å²) in [6, 6.07) is 7.53. The lowest BCUT2D eigenvalue weighted by molar-refractivity contribution is 0.0279. The number of aliphatic hydroxyl groups is 1. The molecule has 0 amide bonds. The Morgan fingerprint density at radius 1 is 1.32 bits per heavy atom. The number of aliphatic hydroxyl groups excluding tert-OH is 1. The van der Waals surface area contributed by atoms with Crippen LogP contribution in [-0.2, 0) is 16.1 Å². The minimum atomic E-state index is -0.524. The van der Waals surface area contributed by atoms with Crippen LogP contribution in [0.4, 0.5) is 0 Å². The van der Waals surface area contributed by atoms with Crippen molar-refractivity contribution in [1.82, 2.24) is 5.32 Å². The van der Waals surface area contributed by atoms with Gasteiger partial charge in [0, 0.05) is 24.7 Å². The molecule has 2 N–H and O–H groups in total. The number of ether oxygens (including phenoxy) is 2. The zero-order chi connectivity index (χ0) is 13.9. The van der Waals surface area contributed by atoms with E-state index >= 15 is 0 Å². The second-order valence-corrected chi connectivity index (χ2v) is 4.57. The number of hydrogen-bond donors (Lipinski definition) is 2. The van der Waals surface area contributed by atoms with Crippen molar-refractivity contribution in [2.45, 2.75) is 19.6 Å². The third-order valence-electron chi connectivity index (χ3n) is 2.53. The van der Waals surface area contributed by atoms with Gasteiger partial charge < -0.3 is 19.9 Å².